The summed E-state index contributed by atoms with van der Waals surface area (Å²) >= 11 is 0. The number of halogens is 3. The number of rotatable bonds is 8. The summed E-state index contributed by atoms with van der Waals surface area (Å²) < 4.78 is 67.6. The maximum absolute atomic E-state index is 12.4. The van der Waals surface area contributed by atoms with Gasteiger partial charge in [-0.2, -0.15) is 0 Å². The van der Waals surface area contributed by atoms with E-state index < -0.39 is 27.1 Å². The lowest BCUT2D eigenvalue weighted by Crippen LogP contribution is -2.29. The van der Waals surface area contributed by atoms with Crippen molar-refractivity contribution < 1.29 is 31.2 Å². The first-order chi connectivity index (χ1) is 14.0. The lowest BCUT2D eigenvalue weighted by Gasteiger charge is -2.14. The van der Waals surface area contributed by atoms with Crippen molar-refractivity contribution in [3.8, 4) is 5.75 Å². The van der Waals surface area contributed by atoms with E-state index >= 15 is 0 Å². The van der Waals surface area contributed by atoms with Crippen LogP contribution >= 0.6 is 0 Å². The number of non-ortho nitro benzene ring substituents is 1. The Labute approximate surface area is 168 Å². The van der Waals surface area contributed by atoms with Crippen molar-refractivity contribution in [2.24, 2.45) is 10.7 Å². The highest BCUT2D eigenvalue weighted by atomic mass is 32.2. The van der Waals surface area contributed by atoms with Crippen molar-refractivity contribution in [1.82, 2.24) is 4.72 Å². The Morgan fingerprint density at radius 3 is 2.57 bits per heavy atom. The van der Waals surface area contributed by atoms with Gasteiger partial charge in [0.2, 0.25) is 10.0 Å². The third kappa shape index (κ3) is 6.89. The van der Waals surface area contributed by atoms with Crippen molar-refractivity contribution in [2.75, 3.05) is 18.4 Å². The number of benzene rings is 2. The van der Waals surface area contributed by atoms with E-state index in [0.717, 1.165) is 18.2 Å². The van der Waals surface area contributed by atoms with E-state index in [9.17, 15) is 31.7 Å². The first-order valence-corrected chi connectivity index (χ1v) is 9.62. The van der Waals surface area contributed by atoms with Crippen LogP contribution in [0.4, 0.5) is 24.5 Å². The Hall–Kier alpha value is -3.39. The summed E-state index contributed by atoms with van der Waals surface area (Å²) in [4.78, 5) is 13.5. The molecule has 162 valence electrons. The summed E-state index contributed by atoms with van der Waals surface area (Å²) in [7, 11) is -4.03. The van der Waals surface area contributed by atoms with Crippen LogP contribution in [0.3, 0.4) is 0 Å². The molecule has 2 aromatic carbocycles. The first kappa shape index (κ1) is 22.9. The Morgan fingerprint density at radius 1 is 1.20 bits per heavy atom. The molecule has 2 rings (SSSR count). The summed E-state index contributed by atoms with van der Waals surface area (Å²) in [5.74, 6) is -0.794. The number of alkyl halides is 3. The molecule has 0 aliphatic carbocycles. The van der Waals surface area contributed by atoms with E-state index in [-0.39, 0.29) is 35.3 Å². The van der Waals surface area contributed by atoms with Crippen molar-refractivity contribution >= 4 is 27.4 Å². The molecule has 0 aromatic heterocycles. The molecular formula is C16H16F3N5O5S. The monoisotopic (exact) mass is 447 g/mol. The molecule has 0 saturated heterocycles. The average molecular weight is 447 g/mol. The van der Waals surface area contributed by atoms with Crippen LogP contribution in [0.2, 0.25) is 0 Å². The molecule has 0 fully saturated rings. The second-order valence-corrected chi connectivity index (χ2v) is 7.36. The molecule has 0 aliphatic heterocycles. The number of nitrogens with one attached hydrogen (secondary N) is 2. The maximum atomic E-state index is 12.4. The number of nitrogens with zero attached hydrogens (tertiary/aromatic N) is 2. The van der Waals surface area contributed by atoms with Gasteiger partial charge in [-0.25, -0.2) is 13.1 Å². The average Bonchev–Trinajstić information content (AvgIpc) is 2.66. The molecular weight excluding hydrogens is 431 g/mol. The number of para-hydroxylation sites is 2. The summed E-state index contributed by atoms with van der Waals surface area (Å²) in [5, 5.41) is 13.2. The van der Waals surface area contributed by atoms with Crippen molar-refractivity contribution in [3.63, 3.8) is 0 Å². The summed E-state index contributed by atoms with van der Waals surface area (Å²) in [6.45, 7) is -0.372. The highest BCUT2D eigenvalue weighted by molar-refractivity contribution is 7.89. The molecule has 0 saturated carbocycles. The van der Waals surface area contributed by atoms with Gasteiger partial charge in [-0.05, 0) is 18.2 Å². The van der Waals surface area contributed by atoms with Crippen LogP contribution in [0.5, 0.6) is 5.75 Å². The third-order valence-corrected chi connectivity index (χ3v) is 4.86. The molecule has 14 heteroatoms. The Bertz CT molecular complexity index is 1040. The van der Waals surface area contributed by atoms with E-state index in [1.165, 1.54) is 30.3 Å². The number of nitro benzene ring substituents is 1. The molecule has 0 aliphatic rings. The number of sulfonamides is 1. The zero-order chi connectivity index (χ0) is 22.4. The van der Waals surface area contributed by atoms with Gasteiger partial charge in [0.15, 0.2) is 11.7 Å². The largest absolute Gasteiger partial charge is 0.573 e. The van der Waals surface area contributed by atoms with Crippen LogP contribution in [0.15, 0.2) is 58.4 Å². The highest BCUT2D eigenvalue weighted by Gasteiger charge is 2.32. The topological polar surface area (TPSA) is 149 Å². The zero-order valence-electron chi connectivity index (χ0n) is 15.1. The lowest BCUT2D eigenvalue weighted by molar-refractivity contribution is -0.385. The number of hydrogen-bond acceptors (Lipinski definition) is 6. The smallest absolute Gasteiger partial charge is 0.404 e. The normalized spacial score (nSPS) is 12.4. The molecule has 0 amide bonds. The van der Waals surface area contributed by atoms with Gasteiger partial charge in [-0.3, -0.25) is 15.1 Å². The van der Waals surface area contributed by atoms with Crippen LogP contribution in [-0.2, 0) is 10.0 Å². The molecule has 30 heavy (non-hydrogen) atoms. The van der Waals surface area contributed by atoms with Gasteiger partial charge in [-0.1, -0.05) is 18.2 Å². The van der Waals surface area contributed by atoms with Gasteiger partial charge >= 0.3 is 6.36 Å². The predicted octanol–water partition coefficient (Wildman–Crippen LogP) is 2.20. The second-order valence-electron chi connectivity index (χ2n) is 5.59. The fourth-order valence-electron chi connectivity index (χ4n) is 2.17. The third-order valence-electron chi connectivity index (χ3n) is 3.40. The second kappa shape index (κ2) is 9.41. The Balaban J connectivity index is 1.96. The predicted molar refractivity (Wildman–Crippen MR) is 102 cm³/mol. The van der Waals surface area contributed by atoms with Crippen molar-refractivity contribution in [1.29, 1.82) is 0 Å². The van der Waals surface area contributed by atoms with Gasteiger partial charge in [0, 0.05) is 18.7 Å². The lowest BCUT2D eigenvalue weighted by atomic mass is 10.3. The molecule has 10 nitrogen and oxygen atoms in total. The number of anilines is 1. The van der Waals surface area contributed by atoms with Gasteiger partial charge in [0.25, 0.3) is 5.69 Å². The molecule has 0 spiro atoms. The molecule has 0 bridgehead atoms. The van der Waals surface area contributed by atoms with Crippen molar-refractivity contribution in [3.05, 3.63) is 58.6 Å². The summed E-state index contributed by atoms with van der Waals surface area (Å²) in [5.41, 5.74) is 5.13. The van der Waals surface area contributed by atoms with Crippen LogP contribution in [0.25, 0.3) is 0 Å². The van der Waals surface area contributed by atoms with Gasteiger partial charge in [0.05, 0.1) is 22.1 Å². The molecule has 2 aromatic rings. The molecule has 0 atom stereocenters. The minimum Gasteiger partial charge on any atom is -0.404 e. The highest BCUT2D eigenvalue weighted by Crippen LogP contribution is 2.29. The SMILES string of the molecule is NC(=NCCNS(=O)(=O)c1cccc([N+](=O)[O-])c1)Nc1ccccc1OC(F)(F)F. The molecule has 0 unspecified atom stereocenters. The van der Waals surface area contributed by atoms with E-state index in [0.29, 0.717) is 0 Å². The van der Waals surface area contributed by atoms with Gasteiger partial charge < -0.3 is 15.8 Å². The zero-order valence-corrected chi connectivity index (χ0v) is 15.9. The quantitative estimate of drug-likeness (QED) is 0.185. The van der Waals surface area contributed by atoms with E-state index in [2.05, 4.69) is 19.8 Å². The van der Waals surface area contributed by atoms with Crippen molar-refractivity contribution in [2.45, 2.75) is 11.3 Å². The van der Waals surface area contributed by atoms with Gasteiger partial charge in [0.1, 0.15) is 0 Å². The number of guanidine groups is 1. The van der Waals surface area contributed by atoms with Gasteiger partial charge in [-0.15, -0.1) is 13.2 Å². The number of aliphatic imine (C=N–C) groups is 1. The van der Waals surface area contributed by atoms with E-state index in [4.69, 9.17) is 5.73 Å². The van der Waals surface area contributed by atoms with E-state index in [1.54, 1.807) is 0 Å². The summed E-state index contributed by atoms with van der Waals surface area (Å²) in [6, 6.07) is 9.62. The van der Waals surface area contributed by atoms with E-state index in [1.807, 2.05) is 0 Å². The first-order valence-electron chi connectivity index (χ1n) is 8.14. The standard InChI is InChI=1S/C16H16F3N5O5S/c17-16(18,19)29-14-7-2-1-6-13(14)23-15(20)21-8-9-22-30(27,28)12-5-3-4-11(10-12)24(25)26/h1-7,10,22H,8-9H2,(H3,20,21,23). The molecule has 4 N–H and O–H groups in total. The fourth-order valence-corrected chi connectivity index (χ4v) is 3.23. The minimum absolute atomic E-state index is 0.0896. The Morgan fingerprint density at radius 2 is 1.90 bits per heavy atom. The number of hydrogen-bond donors (Lipinski definition) is 3. The minimum atomic E-state index is -4.89. The van der Waals surface area contributed by atoms with Crippen LogP contribution in [-0.4, -0.2) is 38.8 Å². The number of nitro groups is 1. The maximum Gasteiger partial charge on any atom is 0.573 e. The Kier molecular flexibility index (Phi) is 7.18. The van der Waals surface area contributed by atoms with Crippen LogP contribution in [0, 0.1) is 10.1 Å². The van der Waals surface area contributed by atoms with Crippen LogP contribution in [0.1, 0.15) is 0 Å². The fraction of sp³-hybridized carbons (Fsp3) is 0.188. The van der Waals surface area contributed by atoms with Crippen LogP contribution < -0.4 is 20.5 Å². The summed E-state index contributed by atoms with van der Waals surface area (Å²) in [6.07, 6.45) is -4.89. The number of nitrogens with two attached hydrogens (primary N) is 1. The number of ether oxygens (including phenoxy) is 1. The molecule has 0 heterocycles. The molecule has 0 radical (unpaired) electrons.